The van der Waals surface area contributed by atoms with Crippen LogP contribution in [0.2, 0.25) is 0 Å². The van der Waals surface area contributed by atoms with E-state index in [-0.39, 0.29) is 36.5 Å². The highest BCUT2D eigenvalue weighted by Crippen LogP contribution is 2.31. The fourth-order valence-corrected chi connectivity index (χ4v) is 5.67. The molecular formula is C28H35N3O6. The molecule has 37 heavy (non-hydrogen) atoms. The molecule has 2 amide bonds. The molecule has 4 N–H and O–H groups in total. The molecule has 0 aromatic heterocycles. The summed E-state index contributed by atoms with van der Waals surface area (Å²) in [7, 11) is 0. The minimum Gasteiger partial charge on any atom is -0.493 e. The number of benzene rings is 2. The van der Waals surface area contributed by atoms with Crippen LogP contribution in [0, 0.1) is 0 Å². The van der Waals surface area contributed by atoms with Crippen LogP contribution in [0.15, 0.2) is 42.5 Å². The molecule has 0 aliphatic carbocycles. The number of nitrogens with zero attached hydrogens (tertiary/aromatic N) is 1. The molecular weight excluding hydrogens is 474 g/mol. The van der Waals surface area contributed by atoms with E-state index in [1.807, 2.05) is 24.0 Å². The van der Waals surface area contributed by atoms with E-state index in [1.165, 1.54) is 11.1 Å². The van der Waals surface area contributed by atoms with Gasteiger partial charge in [0.1, 0.15) is 5.75 Å². The molecule has 9 heteroatoms. The summed E-state index contributed by atoms with van der Waals surface area (Å²) in [5.41, 5.74) is 3.17. The van der Waals surface area contributed by atoms with Crippen molar-refractivity contribution in [1.82, 2.24) is 15.5 Å². The van der Waals surface area contributed by atoms with Gasteiger partial charge in [-0.1, -0.05) is 24.3 Å². The molecule has 2 aromatic carbocycles. The second-order valence-electron chi connectivity index (χ2n) is 10.1. The van der Waals surface area contributed by atoms with Gasteiger partial charge in [0.15, 0.2) is 0 Å². The number of piperidine rings is 1. The number of nitrogens with one attached hydrogen (secondary N) is 2. The van der Waals surface area contributed by atoms with Crippen LogP contribution in [-0.2, 0) is 17.7 Å². The Balaban J connectivity index is 1.25. The van der Waals surface area contributed by atoms with Crippen LogP contribution in [0.25, 0.3) is 0 Å². The van der Waals surface area contributed by atoms with Crippen LogP contribution in [0.5, 0.6) is 5.75 Å². The number of ether oxygens (including phenoxy) is 2. The maximum atomic E-state index is 13.4. The third-order valence-electron chi connectivity index (χ3n) is 7.55. The summed E-state index contributed by atoms with van der Waals surface area (Å²) >= 11 is 0. The van der Waals surface area contributed by atoms with Gasteiger partial charge < -0.3 is 35.2 Å². The first kappa shape index (κ1) is 25.7. The van der Waals surface area contributed by atoms with Crippen molar-refractivity contribution in [2.45, 2.75) is 63.1 Å². The molecule has 3 heterocycles. The molecule has 2 bridgehead atoms. The standard InChI is InChI=1S/C28H35N3O6/c1-2-37-26-10-18(28(35)31-20-11-22(32)12-21(31)16-36-15-20)7-8-23(26)27(34)30-14-25(33)24-9-17-5-3-4-6-19(17)13-29-24/h3-8,10,20-22,24-25,29,32-33H,2,9,11-16H2,1H3,(H,30,34)/t20?,21?,22?,24-,25?/m0/s1. The Morgan fingerprint density at radius 1 is 1.16 bits per heavy atom. The first-order chi connectivity index (χ1) is 17.9. The van der Waals surface area contributed by atoms with Crippen LogP contribution < -0.4 is 15.4 Å². The summed E-state index contributed by atoms with van der Waals surface area (Å²) in [6, 6.07) is 12.5. The quantitative estimate of drug-likeness (QED) is 0.444. The topological polar surface area (TPSA) is 120 Å². The number of aliphatic hydroxyl groups is 2. The van der Waals surface area contributed by atoms with E-state index in [0.717, 1.165) is 0 Å². The number of fused-ring (bicyclic) bond motifs is 3. The van der Waals surface area contributed by atoms with Crippen LogP contribution in [-0.4, -0.2) is 83.6 Å². The first-order valence-electron chi connectivity index (χ1n) is 13.1. The monoisotopic (exact) mass is 509 g/mol. The van der Waals surface area contributed by atoms with E-state index >= 15 is 0 Å². The third kappa shape index (κ3) is 5.50. The predicted octanol–water partition coefficient (Wildman–Crippen LogP) is 1.25. The van der Waals surface area contributed by atoms with Crippen molar-refractivity contribution in [3.63, 3.8) is 0 Å². The van der Waals surface area contributed by atoms with Crippen molar-refractivity contribution >= 4 is 11.8 Å². The summed E-state index contributed by atoms with van der Waals surface area (Å²) in [6.45, 7) is 3.73. The Hall–Kier alpha value is -2.98. The molecule has 0 radical (unpaired) electrons. The lowest BCUT2D eigenvalue weighted by atomic mass is 9.91. The van der Waals surface area contributed by atoms with E-state index in [1.54, 1.807) is 18.2 Å². The summed E-state index contributed by atoms with van der Waals surface area (Å²) in [6.07, 6.45) is 0.483. The lowest BCUT2D eigenvalue weighted by Gasteiger charge is -2.47. The molecule has 2 aromatic rings. The number of carbonyl (C=O) groups excluding carboxylic acids is 2. The van der Waals surface area contributed by atoms with E-state index in [0.29, 0.717) is 62.5 Å². The van der Waals surface area contributed by atoms with Gasteiger partial charge in [-0.2, -0.15) is 0 Å². The fraction of sp³-hybridized carbons (Fsp3) is 0.500. The highest BCUT2D eigenvalue weighted by molar-refractivity contribution is 6.00. The Morgan fingerprint density at radius 2 is 1.89 bits per heavy atom. The second-order valence-corrected chi connectivity index (χ2v) is 10.1. The lowest BCUT2D eigenvalue weighted by Crippen LogP contribution is -2.60. The normalized spacial score (nSPS) is 25.6. The summed E-state index contributed by atoms with van der Waals surface area (Å²) in [4.78, 5) is 28.3. The molecule has 9 nitrogen and oxygen atoms in total. The zero-order valence-corrected chi connectivity index (χ0v) is 21.1. The van der Waals surface area contributed by atoms with Crippen molar-refractivity contribution in [3.05, 3.63) is 64.7 Å². The molecule has 3 aliphatic rings. The number of amides is 2. The minimum absolute atomic E-state index is 0.0877. The SMILES string of the molecule is CCOc1cc(C(=O)N2C3COCC2CC(O)C3)ccc1C(=O)NCC(O)[C@@H]1Cc2ccccc2CN1. The fourth-order valence-electron chi connectivity index (χ4n) is 5.67. The van der Waals surface area contributed by atoms with Gasteiger partial charge in [0.2, 0.25) is 0 Å². The number of hydrogen-bond acceptors (Lipinski definition) is 7. The van der Waals surface area contributed by atoms with Gasteiger partial charge in [0.25, 0.3) is 11.8 Å². The minimum atomic E-state index is -0.759. The molecule has 198 valence electrons. The maximum absolute atomic E-state index is 13.4. The van der Waals surface area contributed by atoms with Crippen LogP contribution >= 0.6 is 0 Å². The summed E-state index contributed by atoms with van der Waals surface area (Å²) in [5.74, 6) is -0.204. The van der Waals surface area contributed by atoms with Gasteiger partial charge in [0.05, 0.1) is 49.7 Å². The average Bonchev–Trinajstić information content (AvgIpc) is 2.90. The van der Waals surface area contributed by atoms with Crippen LogP contribution in [0.3, 0.4) is 0 Å². The summed E-state index contributed by atoms with van der Waals surface area (Å²) < 4.78 is 11.4. The largest absolute Gasteiger partial charge is 0.493 e. The Kier molecular flexibility index (Phi) is 7.76. The van der Waals surface area contributed by atoms with E-state index < -0.39 is 12.2 Å². The van der Waals surface area contributed by atoms with E-state index in [2.05, 4.69) is 22.8 Å². The second kappa shape index (κ2) is 11.2. The average molecular weight is 510 g/mol. The Bertz CT molecular complexity index is 1130. The van der Waals surface area contributed by atoms with Crippen molar-refractivity contribution in [2.24, 2.45) is 0 Å². The molecule has 4 atom stereocenters. The Labute approximate surface area is 216 Å². The molecule has 0 saturated carbocycles. The lowest BCUT2D eigenvalue weighted by molar-refractivity contribution is -0.0871. The van der Waals surface area contributed by atoms with Gasteiger partial charge in [-0.3, -0.25) is 9.59 Å². The van der Waals surface area contributed by atoms with Crippen molar-refractivity contribution < 1.29 is 29.3 Å². The first-order valence-corrected chi connectivity index (χ1v) is 13.1. The van der Waals surface area contributed by atoms with Gasteiger partial charge in [-0.05, 0) is 55.5 Å². The molecule has 3 unspecified atom stereocenters. The summed E-state index contributed by atoms with van der Waals surface area (Å²) in [5, 5.41) is 27.0. The van der Waals surface area contributed by atoms with Gasteiger partial charge in [-0.15, -0.1) is 0 Å². The number of aliphatic hydroxyl groups excluding tert-OH is 2. The van der Waals surface area contributed by atoms with E-state index in [9.17, 15) is 19.8 Å². The van der Waals surface area contributed by atoms with Gasteiger partial charge >= 0.3 is 0 Å². The van der Waals surface area contributed by atoms with Crippen molar-refractivity contribution in [3.8, 4) is 5.75 Å². The molecule has 3 aliphatic heterocycles. The smallest absolute Gasteiger partial charge is 0.255 e. The van der Waals surface area contributed by atoms with Gasteiger partial charge in [-0.25, -0.2) is 0 Å². The number of hydrogen-bond donors (Lipinski definition) is 4. The highest BCUT2D eigenvalue weighted by Gasteiger charge is 2.41. The maximum Gasteiger partial charge on any atom is 0.255 e. The number of carbonyl (C=O) groups is 2. The van der Waals surface area contributed by atoms with Crippen molar-refractivity contribution in [1.29, 1.82) is 0 Å². The third-order valence-corrected chi connectivity index (χ3v) is 7.55. The van der Waals surface area contributed by atoms with Crippen LogP contribution in [0.4, 0.5) is 0 Å². The highest BCUT2D eigenvalue weighted by atomic mass is 16.5. The molecule has 2 saturated heterocycles. The zero-order chi connectivity index (χ0) is 25.9. The number of rotatable bonds is 7. The Morgan fingerprint density at radius 3 is 2.62 bits per heavy atom. The molecule has 0 spiro atoms. The van der Waals surface area contributed by atoms with Crippen LogP contribution in [0.1, 0.15) is 51.6 Å². The number of morpholine rings is 1. The molecule has 2 fully saturated rings. The van der Waals surface area contributed by atoms with E-state index in [4.69, 9.17) is 9.47 Å². The predicted molar refractivity (Wildman–Crippen MR) is 137 cm³/mol. The molecule has 5 rings (SSSR count). The van der Waals surface area contributed by atoms with Crippen molar-refractivity contribution in [2.75, 3.05) is 26.4 Å². The zero-order valence-electron chi connectivity index (χ0n) is 21.1. The van der Waals surface area contributed by atoms with Gasteiger partial charge in [0, 0.05) is 24.7 Å².